The minimum absolute atomic E-state index is 0.435. The Labute approximate surface area is 171 Å². The average Bonchev–Trinajstić information content (AvgIpc) is 3.44. The maximum atomic E-state index is 11.4. The maximum absolute atomic E-state index is 11.4. The summed E-state index contributed by atoms with van der Waals surface area (Å²) in [4.78, 5) is 20.3. The van der Waals surface area contributed by atoms with E-state index < -0.39 is 5.91 Å². The molecule has 146 valence electrons. The van der Waals surface area contributed by atoms with Gasteiger partial charge in [-0.05, 0) is 53.9 Å². The van der Waals surface area contributed by atoms with Gasteiger partial charge in [0, 0.05) is 22.9 Å². The lowest BCUT2D eigenvalue weighted by atomic mass is 10.0. The highest BCUT2D eigenvalue weighted by Gasteiger charge is 2.11. The van der Waals surface area contributed by atoms with Crippen LogP contribution in [0.15, 0.2) is 84.1 Å². The molecule has 0 saturated heterocycles. The van der Waals surface area contributed by atoms with Gasteiger partial charge in [-0.1, -0.05) is 12.1 Å². The second-order valence-corrected chi connectivity index (χ2v) is 6.96. The Hall–Kier alpha value is -4.26. The summed E-state index contributed by atoms with van der Waals surface area (Å²) < 4.78 is 6.96. The number of pyridine rings is 1. The van der Waals surface area contributed by atoms with Crippen molar-refractivity contribution in [1.29, 1.82) is 0 Å². The van der Waals surface area contributed by atoms with Gasteiger partial charge in [-0.25, -0.2) is 9.50 Å². The summed E-state index contributed by atoms with van der Waals surface area (Å²) in [5.41, 5.74) is 12.2. The van der Waals surface area contributed by atoms with E-state index in [4.69, 9.17) is 10.2 Å². The topological polar surface area (TPSA) is 99.3 Å². The number of amides is 1. The highest BCUT2D eigenvalue weighted by atomic mass is 16.3. The number of hydrogen-bond donors (Lipinski definition) is 1. The molecule has 5 aromatic rings. The summed E-state index contributed by atoms with van der Waals surface area (Å²) in [7, 11) is 0. The summed E-state index contributed by atoms with van der Waals surface area (Å²) in [6.07, 6.45) is 9.30. The Balaban J connectivity index is 1.47. The average molecular weight is 395 g/mol. The zero-order valence-electron chi connectivity index (χ0n) is 15.9. The molecular formula is C23H17N5O2. The zero-order valence-corrected chi connectivity index (χ0v) is 15.9. The fourth-order valence-corrected chi connectivity index (χ4v) is 3.44. The fourth-order valence-electron chi connectivity index (χ4n) is 3.44. The van der Waals surface area contributed by atoms with Gasteiger partial charge in [-0.3, -0.25) is 9.78 Å². The number of imidazole rings is 1. The van der Waals surface area contributed by atoms with Gasteiger partial charge in [0.05, 0.1) is 36.3 Å². The van der Waals surface area contributed by atoms with Crippen molar-refractivity contribution in [1.82, 2.24) is 19.6 Å². The largest absolute Gasteiger partial charge is 0.472 e. The van der Waals surface area contributed by atoms with Crippen molar-refractivity contribution in [3.8, 4) is 22.5 Å². The second-order valence-electron chi connectivity index (χ2n) is 6.96. The number of primary amides is 1. The third-order valence-corrected chi connectivity index (χ3v) is 4.91. The van der Waals surface area contributed by atoms with Gasteiger partial charge < -0.3 is 10.2 Å². The van der Waals surface area contributed by atoms with Crippen molar-refractivity contribution in [2.75, 3.05) is 0 Å². The third-order valence-electron chi connectivity index (χ3n) is 4.91. The SMILES string of the molecule is NC(=O)c1cccc(Cc2cnn3c(-c4ccnc(-c5ccoc5)c4)cnc3c2)c1. The minimum atomic E-state index is -0.435. The smallest absolute Gasteiger partial charge is 0.248 e. The first-order valence-corrected chi connectivity index (χ1v) is 9.38. The zero-order chi connectivity index (χ0) is 20.5. The quantitative estimate of drug-likeness (QED) is 0.489. The molecule has 5 rings (SSSR count). The van der Waals surface area contributed by atoms with Crippen LogP contribution in [0.5, 0.6) is 0 Å². The molecule has 7 nitrogen and oxygen atoms in total. The molecular weight excluding hydrogens is 378 g/mol. The molecule has 4 heterocycles. The Morgan fingerprint density at radius 3 is 2.77 bits per heavy atom. The number of carbonyl (C=O) groups excluding carboxylic acids is 1. The van der Waals surface area contributed by atoms with Crippen molar-refractivity contribution in [2.45, 2.75) is 6.42 Å². The molecule has 0 fully saturated rings. The molecule has 30 heavy (non-hydrogen) atoms. The van der Waals surface area contributed by atoms with E-state index in [0.717, 1.165) is 39.3 Å². The molecule has 0 unspecified atom stereocenters. The third kappa shape index (κ3) is 3.33. The van der Waals surface area contributed by atoms with E-state index in [-0.39, 0.29) is 0 Å². The van der Waals surface area contributed by atoms with E-state index in [1.54, 1.807) is 41.6 Å². The van der Waals surface area contributed by atoms with E-state index >= 15 is 0 Å². The van der Waals surface area contributed by atoms with Crippen LogP contribution in [0.4, 0.5) is 0 Å². The van der Waals surface area contributed by atoms with Crippen LogP contribution in [-0.4, -0.2) is 25.5 Å². The maximum Gasteiger partial charge on any atom is 0.248 e. The van der Waals surface area contributed by atoms with Gasteiger partial charge >= 0.3 is 0 Å². The van der Waals surface area contributed by atoms with Gasteiger partial charge in [0.2, 0.25) is 5.91 Å². The van der Waals surface area contributed by atoms with Crippen LogP contribution in [0.2, 0.25) is 0 Å². The number of aromatic nitrogens is 4. The van der Waals surface area contributed by atoms with E-state index in [1.807, 2.05) is 42.6 Å². The Bertz CT molecular complexity index is 1360. The monoisotopic (exact) mass is 395 g/mol. The lowest BCUT2D eigenvalue weighted by Crippen LogP contribution is -2.11. The summed E-state index contributed by atoms with van der Waals surface area (Å²) >= 11 is 0. The molecule has 0 aliphatic rings. The van der Waals surface area contributed by atoms with E-state index in [9.17, 15) is 4.79 Å². The fraction of sp³-hybridized carbons (Fsp3) is 0.0435. The highest BCUT2D eigenvalue weighted by Crippen LogP contribution is 2.25. The molecule has 0 bridgehead atoms. The molecule has 0 aliphatic heterocycles. The Morgan fingerprint density at radius 1 is 1.00 bits per heavy atom. The molecule has 1 amide bonds. The van der Waals surface area contributed by atoms with Crippen LogP contribution in [0.1, 0.15) is 21.5 Å². The van der Waals surface area contributed by atoms with Gasteiger partial charge in [-0.15, -0.1) is 0 Å². The summed E-state index contributed by atoms with van der Waals surface area (Å²) in [5, 5.41) is 4.59. The first kappa shape index (κ1) is 17.8. The molecule has 1 aromatic carbocycles. The molecule has 7 heteroatoms. The standard InChI is InChI=1S/C23H17N5O2/c24-23(29)18-3-1-2-15(9-18)8-16-10-22-26-13-21(28(22)27-12-16)17-4-6-25-20(11-17)19-5-7-30-14-19/h1-7,9-14H,8H2,(H2,24,29). The molecule has 0 radical (unpaired) electrons. The molecule has 2 N–H and O–H groups in total. The number of rotatable bonds is 5. The van der Waals surface area contributed by atoms with Crippen molar-refractivity contribution >= 4 is 11.6 Å². The first-order valence-electron chi connectivity index (χ1n) is 9.38. The Morgan fingerprint density at radius 2 is 1.93 bits per heavy atom. The van der Waals surface area contributed by atoms with Crippen LogP contribution in [0.25, 0.3) is 28.2 Å². The van der Waals surface area contributed by atoms with E-state index in [2.05, 4.69) is 15.1 Å². The van der Waals surface area contributed by atoms with E-state index in [1.165, 1.54) is 0 Å². The van der Waals surface area contributed by atoms with Gasteiger partial charge in [-0.2, -0.15) is 5.10 Å². The van der Waals surface area contributed by atoms with Crippen molar-refractivity contribution in [3.63, 3.8) is 0 Å². The first-order chi connectivity index (χ1) is 14.7. The van der Waals surface area contributed by atoms with Gasteiger partial charge in [0.25, 0.3) is 0 Å². The molecule has 0 spiro atoms. The van der Waals surface area contributed by atoms with E-state index in [0.29, 0.717) is 12.0 Å². The molecule has 0 aliphatic carbocycles. The van der Waals surface area contributed by atoms with Gasteiger partial charge in [0.15, 0.2) is 5.65 Å². The summed E-state index contributed by atoms with van der Waals surface area (Å²) in [6, 6.07) is 15.1. The summed E-state index contributed by atoms with van der Waals surface area (Å²) in [6.45, 7) is 0. The van der Waals surface area contributed by atoms with Crippen LogP contribution in [0, 0.1) is 0 Å². The minimum Gasteiger partial charge on any atom is -0.472 e. The van der Waals surface area contributed by atoms with Crippen LogP contribution in [0.3, 0.4) is 0 Å². The van der Waals surface area contributed by atoms with Crippen molar-refractivity contribution in [3.05, 3.63) is 96.3 Å². The highest BCUT2D eigenvalue weighted by molar-refractivity contribution is 5.92. The normalized spacial score (nSPS) is 11.1. The Kier molecular flexibility index (Phi) is 4.33. The number of hydrogen-bond acceptors (Lipinski definition) is 5. The number of furan rings is 1. The number of nitrogens with zero attached hydrogens (tertiary/aromatic N) is 4. The molecule has 4 aromatic heterocycles. The predicted octanol–water partition coefficient (Wildman–Crippen LogP) is 3.74. The number of benzene rings is 1. The lowest BCUT2D eigenvalue weighted by molar-refractivity contribution is 0.1000. The molecule has 0 saturated carbocycles. The second kappa shape index (κ2) is 7.29. The number of nitrogens with two attached hydrogens (primary N) is 1. The van der Waals surface area contributed by atoms with Crippen LogP contribution < -0.4 is 5.73 Å². The van der Waals surface area contributed by atoms with Crippen molar-refractivity contribution < 1.29 is 9.21 Å². The predicted molar refractivity (Wildman–Crippen MR) is 112 cm³/mol. The number of carbonyl (C=O) groups is 1. The van der Waals surface area contributed by atoms with Crippen molar-refractivity contribution in [2.24, 2.45) is 5.73 Å². The lowest BCUT2D eigenvalue weighted by Gasteiger charge is -2.06. The summed E-state index contributed by atoms with van der Waals surface area (Å²) in [5.74, 6) is -0.435. The van der Waals surface area contributed by atoms with Gasteiger partial charge in [0.1, 0.15) is 0 Å². The van der Waals surface area contributed by atoms with Crippen LogP contribution >= 0.6 is 0 Å². The molecule has 0 atom stereocenters. The van der Waals surface area contributed by atoms with Crippen LogP contribution in [-0.2, 0) is 6.42 Å². The number of fused-ring (bicyclic) bond motifs is 1.